The van der Waals surface area contributed by atoms with Crippen LogP contribution in [0.25, 0.3) is 0 Å². The Balaban J connectivity index is 0.00000180. The first-order valence-corrected chi connectivity index (χ1v) is 6.65. The SMILES string of the molecule is CCC[C@H](c1ccc(O)c(F)c1)N1CCNCC1.Cl.Cl. The zero-order chi connectivity index (χ0) is 13.0. The standard InChI is InChI=1S/C14H21FN2O.2ClH/c1-2-3-13(17-8-6-16-7-9-17)11-4-5-14(18)12(15)10-11;;/h4-5,10,13,16,18H,2-3,6-9H2,1H3;2*1H/t13-;;/m1../s1. The molecule has 0 spiro atoms. The predicted molar refractivity (Wildman–Crippen MR) is 84.7 cm³/mol. The number of halogens is 3. The van der Waals surface area contributed by atoms with E-state index in [1.165, 1.54) is 12.1 Å². The lowest BCUT2D eigenvalue weighted by Gasteiger charge is -2.35. The molecular weight excluding hydrogens is 302 g/mol. The summed E-state index contributed by atoms with van der Waals surface area (Å²) in [5, 5.41) is 12.6. The molecule has 1 heterocycles. The van der Waals surface area contributed by atoms with Crippen molar-refractivity contribution in [2.75, 3.05) is 26.2 Å². The van der Waals surface area contributed by atoms with Gasteiger partial charge >= 0.3 is 0 Å². The first-order chi connectivity index (χ1) is 8.72. The normalized spacial score (nSPS) is 16.9. The van der Waals surface area contributed by atoms with Gasteiger partial charge in [0.2, 0.25) is 0 Å². The van der Waals surface area contributed by atoms with E-state index in [2.05, 4.69) is 17.1 Å². The molecular formula is C14H23Cl2FN2O. The van der Waals surface area contributed by atoms with Gasteiger partial charge in [-0.2, -0.15) is 0 Å². The molecule has 1 fully saturated rings. The highest BCUT2D eigenvalue weighted by molar-refractivity contribution is 5.85. The number of hydrogen-bond acceptors (Lipinski definition) is 3. The molecule has 20 heavy (non-hydrogen) atoms. The van der Waals surface area contributed by atoms with Crippen LogP contribution in [-0.2, 0) is 0 Å². The second-order valence-electron chi connectivity index (χ2n) is 4.80. The van der Waals surface area contributed by atoms with E-state index in [9.17, 15) is 9.50 Å². The Morgan fingerprint density at radius 1 is 1.30 bits per heavy atom. The molecule has 1 aliphatic heterocycles. The summed E-state index contributed by atoms with van der Waals surface area (Å²) in [5.41, 5.74) is 0.967. The van der Waals surface area contributed by atoms with Gasteiger partial charge in [-0.25, -0.2) is 4.39 Å². The molecule has 1 aliphatic rings. The van der Waals surface area contributed by atoms with Gasteiger partial charge in [-0.05, 0) is 24.1 Å². The first-order valence-electron chi connectivity index (χ1n) is 6.65. The van der Waals surface area contributed by atoms with Gasteiger partial charge in [0.25, 0.3) is 0 Å². The van der Waals surface area contributed by atoms with Crippen LogP contribution in [0.4, 0.5) is 4.39 Å². The van der Waals surface area contributed by atoms with Crippen molar-refractivity contribution in [2.45, 2.75) is 25.8 Å². The Labute approximate surface area is 132 Å². The maximum atomic E-state index is 13.5. The third-order valence-electron chi connectivity index (χ3n) is 3.51. The highest BCUT2D eigenvalue weighted by atomic mass is 35.5. The maximum Gasteiger partial charge on any atom is 0.165 e. The minimum absolute atomic E-state index is 0. The topological polar surface area (TPSA) is 35.5 Å². The number of aromatic hydroxyl groups is 1. The number of hydrogen-bond donors (Lipinski definition) is 2. The predicted octanol–water partition coefficient (Wildman–Crippen LogP) is 3.12. The first kappa shape index (κ1) is 19.4. The number of nitrogens with one attached hydrogen (secondary N) is 1. The van der Waals surface area contributed by atoms with Crippen LogP contribution in [0.3, 0.4) is 0 Å². The van der Waals surface area contributed by atoms with Crippen LogP contribution in [-0.4, -0.2) is 36.2 Å². The molecule has 116 valence electrons. The lowest BCUT2D eigenvalue weighted by atomic mass is 9.99. The second kappa shape index (κ2) is 9.40. The average molecular weight is 325 g/mol. The summed E-state index contributed by atoms with van der Waals surface area (Å²) >= 11 is 0. The summed E-state index contributed by atoms with van der Waals surface area (Å²) in [6.07, 6.45) is 2.08. The van der Waals surface area contributed by atoms with E-state index in [4.69, 9.17) is 0 Å². The van der Waals surface area contributed by atoms with Crippen LogP contribution in [0.5, 0.6) is 5.75 Å². The third-order valence-corrected chi connectivity index (χ3v) is 3.51. The molecule has 0 aromatic heterocycles. The van der Waals surface area contributed by atoms with Crippen molar-refractivity contribution in [3.8, 4) is 5.75 Å². The Morgan fingerprint density at radius 2 is 1.95 bits per heavy atom. The van der Waals surface area contributed by atoms with E-state index < -0.39 is 5.82 Å². The molecule has 3 nitrogen and oxygen atoms in total. The number of phenolic OH excluding ortho intramolecular Hbond substituents is 1. The summed E-state index contributed by atoms with van der Waals surface area (Å²) < 4.78 is 13.5. The fourth-order valence-corrected chi connectivity index (χ4v) is 2.56. The summed E-state index contributed by atoms with van der Waals surface area (Å²) in [6.45, 7) is 6.11. The minimum Gasteiger partial charge on any atom is -0.505 e. The van der Waals surface area contributed by atoms with Crippen LogP contribution in [0.15, 0.2) is 18.2 Å². The zero-order valence-corrected chi connectivity index (χ0v) is 13.3. The molecule has 1 aromatic carbocycles. The van der Waals surface area contributed by atoms with Crippen molar-refractivity contribution in [2.24, 2.45) is 0 Å². The van der Waals surface area contributed by atoms with Gasteiger partial charge in [0.1, 0.15) is 0 Å². The van der Waals surface area contributed by atoms with Gasteiger partial charge < -0.3 is 10.4 Å². The molecule has 6 heteroatoms. The van der Waals surface area contributed by atoms with Gasteiger partial charge in [0, 0.05) is 32.2 Å². The Hall–Kier alpha value is -0.550. The molecule has 2 N–H and O–H groups in total. The van der Waals surface area contributed by atoms with E-state index in [0.29, 0.717) is 0 Å². The number of benzene rings is 1. The van der Waals surface area contributed by atoms with E-state index in [1.807, 2.05) is 6.07 Å². The molecule has 1 aromatic rings. The van der Waals surface area contributed by atoms with Gasteiger partial charge in [0.15, 0.2) is 11.6 Å². The monoisotopic (exact) mass is 324 g/mol. The van der Waals surface area contributed by atoms with Gasteiger partial charge in [-0.15, -0.1) is 24.8 Å². The Morgan fingerprint density at radius 3 is 2.50 bits per heavy atom. The third kappa shape index (κ3) is 4.77. The largest absolute Gasteiger partial charge is 0.505 e. The molecule has 0 unspecified atom stereocenters. The van der Waals surface area contributed by atoms with Crippen molar-refractivity contribution in [1.82, 2.24) is 10.2 Å². The Bertz CT molecular complexity index is 401. The second-order valence-corrected chi connectivity index (χ2v) is 4.80. The molecule has 0 radical (unpaired) electrons. The van der Waals surface area contributed by atoms with E-state index in [-0.39, 0.29) is 36.6 Å². The zero-order valence-electron chi connectivity index (χ0n) is 11.6. The van der Waals surface area contributed by atoms with Crippen molar-refractivity contribution in [3.05, 3.63) is 29.6 Å². The molecule has 2 rings (SSSR count). The minimum atomic E-state index is -0.524. The number of phenols is 1. The fraction of sp³-hybridized carbons (Fsp3) is 0.571. The Kier molecular flexibility index (Phi) is 9.14. The number of rotatable bonds is 4. The number of piperazine rings is 1. The van der Waals surface area contributed by atoms with Crippen molar-refractivity contribution >= 4 is 24.8 Å². The van der Waals surface area contributed by atoms with Gasteiger partial charge in [-0.1, -0.05) is 19.4 Å². The lowest BCUT2D eigenvalue weighted by molar-refractivity contribution is 0.164. The van der Waals surface area contributed by atoms with Crippen LogP contribution in [0.2, 0.25) is 0 Å². The maximum absolute atomic E-state index is 13.5. The average Bonchev–Trinajstić information content (AvgIpc) is 2.40. The number of nitrogens with zero attached hydrogens (tertiary/aromatic N) is 1. The van der Waals surface area contributed by atoms with E-state index >= 15 is 0 Å². The van der Waals surface area contributed by atoms with Gasteiger partial charge in [0.05, 0.1) is 0 Å². The fourth-order valence-electron chi connectivity index (χ4n) is 2.56. The highest BCUT2D eigenvalue weighted by Gasteiger charge is 2.22. The van der Waals surface area contributed by atoms with E-state index in [1.54, 1.807) is 0 Å². The van der Waals surface area contributed by atoms with Gasteiger partial charge in [-0.3, -0.25) is 4.90 Å². The molecule has 1 saturated heterocycles. The summed E-state index contributed by atoms with van der Waals surface area (Å²) in [4.78, 5) is 2.39. The summed E-state index contributed by atoms with van der Waals surface area (Å²) in [5.74, 6) is -0.793. The lowest BCUT2D eigenvalue weighted by Crippen LogP contribution is -2.45. The van der Waals surface area contributed by atoms with Crippen molar-refractivity contribution in [3.63, 3.8) is 0 Å². The van der Waals surface area contributed by atoms with E-state index in [0.717, 1.165) is 44.6 Å². The van der Waals surface area contributed by atoms with Crippen LogP contribution < -0.4 is 5.32 Å². The molecule has 0 aliphatic carbocycles. The van der Waals surface area contributed by atoms with Crippen molar-refractivity contribution in [1.29, 1.82) is 0 Å². The molecule has 1 atom stereocenters. The quantitative estimate of drug-likeness (QED) is 0.893. The summed E-state index contributed by atoms with van der Waals surface area (Å²) in [7, 11) is 0. The molecule has 0 saturated carbocycles. The highest BCUT2D eigenvalue weighted by Crippen LogP contribution is 2.28. The summed E-state index contributed by atoms with van der Waals surface area (Å²) in [6, 6.07) is 5.01. The smallest absolute Gasteiger partial charge is 0.165 e. The van der Waals surface area contributed by atoms with Crippen LogP contribution in [0.1, 0.15) is 31.4 Å². The molecule has 0 amide bonds. The molecule has 0 bridgehead atoms. The van der Waals surface area contributed by atoms with Crippen LogP contribution in [0, 0.1) is 5.82 Å². The van der Waals surface area contributed by atoms with Crippen LogP contribution >= 0.6 is 24.8 Å². The van der Waals surface area contributed by atoms with Crippen molar-refractivity contribution < 1.29 is 9.50 Å².